The van der Waals surface area contributed by atoms with Gasteiger partial charge in [0, 0.05) is 0 Å². The SMILES string of the molecule is Cc1cc(C(C)(C)C)ccc1Oc1ccc(C(=O)O)cc1. The lowest BCUT2D eigenvalue weighted by Crippen LogP contribution is -2.11. The maximum Gasteiger partial charge on any atom is 0.335 e. The van der Waals surface area contributed by atoms with Crippen LogP contribution in [0.1, 0.15) is 42.3 Å². The summed E-state index contributed by atoms with van der Waals surface area (Å²) in [5, 5.41) is 8.88. The van der Waals surface area contributed by atoms with Gasteiger partial charge >= 0.3 is 5.97 Å². The van der Waals surface area contributed by atoms with Crippen molar-refractivity contribution in [3.63, 3.8) is 0 Å². The van der Waals surface area contributed by atoms with Gasteiger partial charge in [-0.3, -0.25) is 0 Å². The Labute approximate surface area is 125 Å². The van der Waals surface area contributed by atoms with Gasteiger partial charge in [-0.1, -0.05) is 32.9 Å². The van der Waals surface area contributed by atoms with Crippen molar-refractivity contribution < 1.29 is 14.6 Å². The Morgan fingerprint density at radius 3 is 2.14 bits per heavy atom. The molecule has 0 heterocycles. The molecular weight excluding hydrogens is 264 g/mol. The number of carbonyl (C=O) groups is 1. The minimum Gasteiger partial charge on any atom is -0.478 e. The van der Waals surface area contributed by atoms with Crippen molar-refractivity contribution in [3.05, 3.63) is 59.2 Å². The van der Waals surface area contributed by atoms with E-state index in [0.717, 1.165) is 11.3 Å². The smallest absolute Gasteiger partial charge is 0.335 e. The molecule has 0 unspecified atom stereocenters. The molecule has 0 saturated heterocycles. The van der Waals surface area contributed by atoms with Gasteiger partial charge in [-0.25, -0.2) is 4.79 Å². The Balaban J connectivity index is 2.22. The first-order chi connectivity index (χ1) is 9.77. The van der Waals surface area contributed by atoms with Crippen LogP contribution in [0.3, 0.4) is 0 Å². The lowest BCUT2D eigenvalue weighted by atomic mass is 9.86. The van der Waals surface area contributed by atoms with Gasteiger partial charge in [0.05, 0.1) is 5.56 Å². The summed E-state index contributed by atoms with van der Waals surface area (Å²) in [7, 11) is 0. The molecule has 0 amide bonds. The standard InChI is InChI=1S/C18H20O3/c1-12-11-14(18(2,3)4)7-10-16(12)21-15-8-5-13(6-9-15)17(19)20/h5-11H,1-4H3,(H,19,20). The second kappa shape index (κ2) is 5.60. The summed E-state index contributed by atoms with van der Waals surface area (Å²) in [6.45, 7) is 8.53. The number of carboxylic acid groups (broad SMARTS) is 1. The van der Waals surface area contributed by atoms with Gasteiger partial charge in [0.1, 0.15) is 11.5 Å². The molecule has 3 heteroatoms. The van der Waals surface area contributed by atoms with Gasteiger partial charge < -0.3 is 9.84 Å². The highest BCUT2D eigenvalue weighted by molar-refractivity contribution is 5.87. The highest BCUT2D eigenvalue weighted by Gasteiger charge is 2.15. The number of hydrogen-bond donors (Lipinski definition) is 1. The number of aryl methyl sites for hydroxylation is 1. The molecule has 0 bridgehead atoms. The second-order valence-corrected chi connectivity index (χ2v) is 6.16. The van der Waals surface area contributed by atoms with Gasteiger partial charge in [-0.05, 0) is 53.8 Å². The van der Waals surface area contributed by atoms with Crippen molar-refractivity contribution in [1.29, 1.82) is 0 Å². The van der Waals surface area contributed by atoms with Gasteiger partial charge in [0.15, 0.2) is 0 Å². The van der Waals surface area contributed by atoms with Gasteiger partial charge in [-0.2, -0.15) is 0 Å². The fraction of sp³-hybridized carbons (Fsp3) is 0.278. The van der Waals surface area contributed by atoms with Crippen LogP contribution in [0, 0.1) is 6.92 Å². The lowest BCUT2D eigenvalue weighted by Gasteiger charge is -2.20. The molecule has 0 radical (unpaired) electrons. The van der Waals surface area contributed by atoms with Crippen LogP contribution >= 0.6 is 0 Å². The van der Waals surface area contributed by atoms with E-state index in [1.807, 2.05) is 13.0 Å². The Bertz CT molecular complexity index is 649. The first kappa shape index (κ1) is 15.1. The molecule has 0 aliphatic carbocycles. The normalized spacial score (nSPS) is 11.2. The number of hydrogen-bond acceptors (Lipinski definition) is 2. The first-order valence-corrected chi connectivity index (χ1v) is 6.90. The summed E-state index contributed by atoms with van der Waals surface area (Å²) in [6.07, 6.45) is 0. The molecule has 1 N–H and O–H groups in total. The molecule has 2 aromatic rings. The Kier molecular flexibility index (Phi) is 4.03. The van der Waals surface area contributed by atoms with Crippen LogP contribution in [-0.2, 0) is 5.41 Å². The molecule has 3 nitrogen and oxygen atoms in total. The van der Waals surface area contributed by atoms with Crippen LogP contribution in [-0.4, -0.2) is 11.1 Å². The third-order valence-corrected chi connectivity index (χ3v) is 3.37. The largest absolute Gasteiger partial charge is 0.478 e. The third-order valence-electron chi connectivity index (χ3n) is 3.37. The van der Waals surface area contributed by atoms with E-state index in [0.29, 0.717) is 5.75 Å². The van der Waals surface area contributed by atoms with Crippen molar-refractivity contribution in [2.45, 2.75) is 33.1 Å². The van der Waals surface area contributed by atoms with E-state index in [9.17, 15) is 4.79 Å². The van der Waals surface area contributed by atoms with Crippen molar-refractivity contribution >= 4 is 5.97 Å². The summed E-state index contributed by atoms with van der Waals surface area (Å²) < 4.78 is 5.82. The molecule has 110 valence electrons. The molecule has 0 aliphatic rings. The summed E-state index contributed by atoms with van der Waals surface area (Å²) in [5.74, 6) is 0.477. The first-order valence-electron chi connectivity index (χ1n) is 6.90. The van der Waals surface area contributed by atoms with E-state index < -0.39 is 5.97 Å². The van der Waals surface area contributed by atoms with E-state index in [1.54, 1.807) is 12.1 Å². The Hall–Kier alpha value is -2.29. The fourth-order valence-electron chi connectivity index (χ4n) is 2.02. The number of aromatic carboxylic acids is 1. The van der Waals surface area contributed by atoms with Crippen LogP contribution < -0.4 is 4.74 Å². The minimum absolute atomic E-state index is 0.104. The van der Waals surface area contributed by atoms with E-state index in [-0.39, 0.29) is 11.0 Å². The molecule has 0 saturated carbocycles. The highest BCUT2D eigenvalue weighted by atomic mass is 16.5. The molecule has 2 aromatic carbocycles. The van der Waals surface area contributed by atoms with Gasteiger partial charge in [-0.15, -0.1) is 0 Å². The minimum atomic E-state index is -0.938. The molecular formula is C18H20O3. The summed E-state index contributed by atoms with van der Waals surface area (Å²) >= 11 is 0. The number of rotatable bonds is 3. The van der Waals surface area contributed by atoms with Crippen LogP contribution in [0.25, 0.3) is 0 Å². The van der Waals surface area contributed by atoms with Crippen LogP contribution in [0.2, 0.25) is 0 Å². The maximum atomic E-state index is 10.8. The molecule has 0 fully saturated rings. The zero-order chi connectivity index (χ0) is 15.6. The zero-order valence-corrected chi connectivity index (χ0v) is 12.8. The van der Waals surface area contributed by atoms with Crippen LogP contribution in [0.4, 0.5) is 0 Å². The summed E-state index contributed by atoms with van der Waals surface area (Å²) in [4.78, 5) is 10.8. The van der Waals surface area contributed by atoms with E-state index in [2.05, 4.69) is 32.9 Å². The van der Waals surface area contributed by atoms with Gasteiger partial charge in [0.2, 0.25) is 0 Å². The molecule has 2 rings (SSSR count). The topological polar surface area (TPSA) is 46.5 Å². The highest BCUT2D eigenvalue weighted by Crippen LogP contribution is 2.30. The summed E-state index contributed by atoms with van der Waals surface area (Å²) in [5.41, 5.74) is 2.67. The lowest BCUT2D eigenvalue weighted by molar-refractivity contribution is 0.0697. The fourth-order valence-corrected chi connectivity index (χ4v) is 2.02. The number of carboxylic acids is 1. The Morgan fingerprint density at radius 1 is 1.05 bits per heavy atom. The second-order valence-electron chi connectivity index (χ2n) is 6.16. The molecule has 0 aromatic heterocycles. The number of benzene rings is 2. The molecule has 21 heavy (non-hydrogen) atoms. The molecule has 0 spiro atoms. The van der Waals surface area contributed by atoms with E-state index in [4.69, 9.17) is 9.84 Å². The zero-order valence-electron chi connectivity index (χ0n) is 12.8. The van der Waals surface area contributed by atoms with Crippen LogP contribution in [0.15, 0.2) is 42.5 Å². The van der Waals surface area contributed by atoms with Gasteiger partial charge in [0.25, 0.3) is 0 Å². The number of ether oxygens (including phenoxy) is 1. The van der Waals surface area contributed by atoms with Crippen LogP contribution in [0.5, 0.6) is 11.5 Å². The monoisotopic (exact) mass is 284 g/mol. The van der Waals surface area contributed by atoms with Crippen molar-refractivity contribution in [2.75, 3.05) is 0 Å². The average Bonchev–Trinajstić information content (AvgIpc) is 2.40. The van der Waals surface area contributed by atoms with Crippen molar-refractivity contribution in [1.82, 2.24) is 0 Å². The summed E-state index contributed by atoms with van der Waals surface area (Å²) in [6, 6.07) is 12.6. The quantitative estimate of drug-likeness (QED) is 0.882. The third kappa shape index (κ3) is 3.63. The average molecular weight is 284 g/mol. The van der Waals surface area contributed by atoms with E-state index >= 15 is 0 Å². The predicted molar refractivity (Wildman–Crippen MR) is 83.4 cm³/mol. The Morgan fingerprint density at radius 2 is 1.67 bits per heavy atom. The van der Waals surface area contributed by atoms with E-state index in [1.165, 1.54) is 17.7 Å². The maximum absolute atomic E-state index is 10.8. The van der Waals surface area contributed by atoms with Crippen molar-refractivity contribution in [3.8, 4) is 11.5 Å². The molecule has 0 aliphatic heterocycles. The molecule has 0 atom stereocenters. The predicted octanol–water partition coefficient (Wildman–Crippen LogP) is 4.78. The van der Waals surface area contributed by atoms with Crippen molar-refractivity contribution in [2.24, 2.45) is 0 Å².